The van der Waals surface area contributed by atoms with Crippen molar-refractivity contribution in [1.29, 1.82) is 0 Å². The van der Waals surface area contributed by atoms with E-state index < -0.39 is 5.97 Å². The van der Waals surface area contributed by atoms with E-state index in [1.807, 2.05) is 0 Å². The van der Waals surface area contributed by atoms with Gasteiger partial charge in [0.2, 0.25) is 5.91 Å². The van der Waals surface area contributed by atoms with Gasteiger partial charge in [-0.05, 0) is 36.4 Å². The number of carbonyl (C=O) groups is 2. The van der Waals surface area contributed by atoms with E-state index in [4.69, 9.17) is 0 Å². The highest BCUT2D eigenvalue weighted by Gasteiger charge is 2.11. The second-order valence-corrected chi connectivity index (χ2v) is 6.31. The molecule has 0 saturated heterocycles. The topological polar surface area (TPSA) is 68.3 Å². The molecule has 132 valence electrons. The number of nitrogens with zero attached hydrogens (tertiary/aromatic N) is 1. The molecule has 2 aromatic carbocycles. The first kappa shape index (κ1) is 17.8. The van der Waals surface area contributed by atoms with E-state index in [0.717, 1.165) is 0 Å². The zero-order valence-electron chi connectivity index (χ0n) is 13.9. The Labute approximate surface area is 153 Å². The number of thiazole rings is 1. The molecule has 0 radical (unpaired) electrons. The predicted octanol–water partition coefficient (Wildman–Crippen LogP) is 3.92. The average molecular weight is 370 g/mol. The van der Waals surface area contributed by atoms with Crippen molar-refractivity contribution in [3.05, 3.63) is 71.0 Å². The van der Waals surface area contributed by atoms with Crippen molar-refractivity contribution in [3.8, 4) is 10.6 Å². The third kappa shape index (κ3) is 4.31. The number of ether oxygens (including phenoxy) is 1. The number of carbonyl (C=O) groups excluding carboxylic acids is 2. The van der Waals surface area contributed by atoms with Gasteiger partial charge in [-0.3, -0.25) is 4.79 Å². The molecule has 26 heavy (non-hydrogen) atoms. The van der Waals surface area contributed by atoms with Crippen molar-refractivity contribution < 1.29 is 18.7 Å². The summed E-state index contributed by atoms with van der Waals surface area (Å²) in [5.41, 5.74) is 2.27. The van der Waals surface area contributed by atoms with Crippen LogP contribution in [0.4, 0.5) is 10.1 Å². The lowest BCUT2D eigenvalue weighted by Crippen LogP contribution is -2.14. The number of hydrogen-bond acceptors (Lipinski definition) is 5. The van der Waals surface area contributed by atoms with E-state index in [1.54, 1.807) is 41.8 Å². The van der Waals surface area contributed by atoms with E-state index in [-0.39, 0.29) is 18.1 Å². The molecule has 7 heteroatoms. The fourth-order valence-corrected chi connectivity index (χ4v) is 3.14. The van der Waals surface area contributed by atoms with Crippen LogP contribution in [0.3, 0.4) is 0 Å². The molecule has 0 fully saturated rings. The van der Waals surface area contributed by atoms with E-state index in [1.165, 1.54) is 30.6 Å². The maximum absolute atomic E-state index is 13.3. The molecule has 0 unspecified atom stereocenters. The van der Waals surface area contributed by atoms with Gasteiger partial charge in [-0.2, -0.15) is 0 Å². The van der Waals surface area contributed by atoms with E-state index in [9.17, 15) is 14.0 Å². The summed E-state index contributed by atoms with van der Waals surface area (Å²) in [4.78, 5) is 27.9. The number of halogens is 1. The zero-order valence-corrected chi connectivity index (χ0v) is 14.7. The highest BCUT2D eigenvalue weighted by Crippen LogP contribution is 2.24. The van der Waals surface area contributed by atoms with Crippen molar-refractivity contribution in [2.45, 2.75) is 6.42 Å². The van der Waals surface area contributed by atoms with Crippen LogP contribution in [-0.2, 0) is 16.0 Å². The normalized spacial score (nSPS) is 10.4. The molecule has 1 amide bonds. The number of aromatic nitrogens is 1. The van der Waals surface area contributed by atoms with Gasteiger partial charge in [0.1, 0.15) is 10.8 Å². The molecule has 1 heterocycles. The first-order valence-electron chi connectivity index (χ1n) is 7.74. The highest BCUT2D eigenvalue weighted by atomic mass is 32.1. The Hall–Kier alpha value is -3.06. The summed E-state index contributed by atoms with van der Waals surface area (Å²) < 4.78 is 17.9. The van der Waals surface area contributed by atoms with Crippen LogP contribution in [-0.4, -0.2) is 24.0 Å². The van der Waals surface area contributed by atoms with Crippen LogP contribution in [0.5, 0.6) is 0 Å². The molecule has 0 aliphatic carbocycles. The van der Waals surface area contributed by atoms with Crippen molar-refractivity contribution in [3.63, 3.8) is 0 Å². The molecule has 3 aromatic rings. The Bertz CT molecular complexity index is 938. The SMILES string of the molecule is COC(=O)c1ccc(NC(=O)Cc2csc(-c3cccc(F)c3)n2)cc1. The quantitative estimate of drug-likeness (QED) is 0.691. The fraction of sp³-hybridized carbons (Fsp3) is 0.105. The number of methoxy groups -OCH3 is 1. The molecule has 0 spiro atoms. The van der Waals surface area contributed by atoms with Crippen LogP contribution in [0.2, 0.25) is 0 Å². The van der Waals surface area contributed by atoms with Crippen molar-refractivity contribution in [1.82, 2.24) is 4.98 Å². The fourth-order valence-electron chi connectivity index (χ4n) is 2.32. The molecule has 1 N–H and O–H groups in total. The summed E-state index contributed by atoms with van der Waals surface area (Å²) >= 11 is 1.36. The lowest BCUT2D eigenvalue weighted by molar-refractivity contribution is -0.115. The van der Waals surface area contributed by atoms with Gasteiger partial charge in [0.15, 0.2) is 0 Å². The van der Waals surface area contributed by atoms with Crippen LogP contribution < -0.4 is 5.32 Å². The minimum absolute atomic E-state index is 0.102. The van der Waals surface area contributed by atoms with Gasteiger partial charge < -0.3 is 10.1 Å². The summed E-state index contributed by atoms with van der Waals surface area (Å²) in [5.74, 6) is -0.991. The van der Waals surface area contributed by atoms with E-state index >= 15 is 0 Å². The second kappa shape index (κ2) is 7.88. The summed E-state index contributed by atoms with van der Waals surface area (Å²) in [6.07, 6.45) is 0.102. The minimum Gasteiger partial charge on any atom is -0.465 e. The summed E-state index contributed by atoms with van der Waals surface area (Å²) in [6, 6.07) is 12.6. The first-order valence-corrected chi connectivity index (χ1v) is 8.61. The lowest BCUT2D eigenvalue weighted by atomic mass is 10.2. The maximum atomic E-state index is 13.3. The summed E-state index contributed by atoms with van der Waals surface area (Å²) in [7, 11) is 1.31. The van der Waals surface area contributed by atoms with Crippen molar-refractivity contribution in [2.75, 3.05) is 12.4 Å². The molecule has 5 nitrogen and oxygen atoms in total. The molecule has 1 aromatic heterocycles. The molecule has 0 atom stereocenters. The predicted molar refractivity (Wildman–Crippen MR) is 97.6 cm³/mol. The standard InChI is InChI=1S/C19H15FN2O3S/c1-25-19(24)12-5-7-15(8-6-12)21-17(23)10-16-11-26-18(22-16)13-3-2-4-14(20)9-13/h2-9,11H,10H2,1H3,(H,21,23). The van der Waals surface area contributed by atoms with Gasteiger partial charge in [0.25, 0.3) is 0 Å². The summed E-state index contributed by atoms with van der Waals surface area (Å²) in [6.45, 7) is 0. The van der Waals surface area contributed by atoms with Crippen molar-refractivity contribution >= 4 is 28.9 Å². The van der Waals surface area contributed by atoms with E-state index in [2.05, 4.69) is 15.0 Å². The number of amides is 1. The van der Waals surface area contributed by atoms with Crippen LogP contribution in [0.15, 0.2) is 53.9 Å². The third-order valence-corrected chi connectivity index (χ3v) is 4.49. The van der Waals surface area contributed by atoms with E-state index in [0.29, 0.717) is 27.5 Å². The lowest BCUT2D eigenvalue weighted by Gasteiger charge is -2.05. The zero-order chi connectivity index (χ0) is 18.5. The molecule has 0 bridgehead atoms. The van der Waals surface area contributed by atoms with Gasteiger partial charge in [0.05, 0.1) is 24.8 Å². The Balaban J connectivity index is 1.63. The Morgan fingerprint density at radius 2 is 1.96 bits per heavy atom. The maximum Gasteiger partial charge on any atom is 0.337 e. The van der Waals surface area contributed by atoms with Gasteiger partial charge in [0, 0.05) is 16.6 Å². The molecular weight excluding hydrogens is 355 g/mol. The minimum atomic E-state index is -0.435. The molecule has 0 aliphatic heterocycles. The number of nitrogens with one attached hydrogen (secondary N) is 1. The molecule has 3 rings (SSSR count). The van der Waals surface area contributed by atoms with Crippen LogP contribution in [0.1, 0.15) is 16.1 Å². The first-order chi connectivity index (χ1) is 12.5. The van der Waals surface area contributed by atoms with Gasteiger partial charge in [-0.15, -0.1) is 11.3 Å². The molecule has 0 aliphatic rings. The Morgan fingerprint density at radius 3 is 2.65 bits per heavy atom. The Kier molecular flexibility index (Phi) is 5.38. The van der Waals surface area contributed by atoms with Gasteiger partial charge in [-0.25, -0.2) is 14.2 Å². The van der Waals surface area contributed by atoms with Crippen molar-refractivity contribution in [2.24, 2.45) is 0 Å². The number of benzene rings is 2. The second-order valence-electron chi connectivity index (χ2n) is 5.45. The molecule has 0 saturated carbocycles. The smallest absolute Gasteiger partial charge is 0.337 e. The van der Waals surface area contributed by atoms with Crippen LogP contribution >= 0.6 is 11.3 Å². The van der Waals surface area contributed by atoms with Crippen LogP contribution in [0.25, 0.3) is 10.6 Å². The van der Waals surface area contributed by atoms with Crippen LogP contribution in [0, 0.1) is 5.82 Å². The van der Waals surface area contributed by atoms with Gasteiger partial charge >= 0.3 is 5.97 Å². The van der Waals surface area contributed by atoms with Gasteiger partial charge in [-0.1, -0.05) is 12.1 Å². The number of anilines is 1. The average Bonchev–Trinajstić information content (AvgIpc) is 3.10. The summed E-state index contributed by atoms with van der Waals surface area (Å²) in [5, 5.41) is 5.19. The molecular formula is C19H15FN2O3S. The third-order valence-electron chi connectivity index (χ3n) is 3.55. The Morgan fingerprint density at radius 1 is 1.19 bits per heavy atom. The highest BCUT2D eigenvalue weighted by molar-refractivity contribution is 7.13. The number of rotatable bonds is 5. The number of esters is 1. The largest absolute Gasteiger partial charge is 0.465 e. The monoisotopic (exact) mass is 370 g/mol. The number of hydrogen-bond donors (Lipinski definition) is 1.